The predicted octanol–water partition coefficient (Wildman–Crippen LogP) is 1.70. The van der Waals surface area contributed by atoms with Crippen molar-refractivity contribution in [2.24, 2.45) is 5.73 Å². The number of nitrogens with one attached hydrogen (secondary N) is 1. The van der Waals surface area contributed by atoms with Crippen molar-refractivity contribution in [3.05, 3.63) is 59.7 Å². The number of hydrogen-bond donors (Lipinski definition) is 3. The fourth-order valence-corrected chi connectivity index (χ4v) is 4.54. The van der Waals surface area contributed by atoms with Crippen LogP contribution in [0.15, 0.2) is 42.7 Å². The number of aromatic nitrogens is 4. The average Bonchev–Trinajstić information content (AvgIpc) is 3.46. The minimum atomic E-state index is -0.724. The third-order valence-electron chi connectivity index (χ3n) is 6.14. The molecule has 3 aromatic heterocycles. The number of aliphatic hydroxyl groups excluding tert-OH is 1. The van der Waals surface area contributed by atoms with Crippen LogP contribution in [-0.2, 0) is 11.2 Å². The van der Waals surface area contributed by atoms with Crippen LogP contribution in [0.3, 0.4) is 0 Å². The number of amides is 2. The number of likely N-dealkylation sites (tertiary alicyclic amines) is 1. The Hall–Kier alpha value is -3.72. The minimum absolute atomic E-state index is 0.00492. The number of H-pyrrole nitrogens is 1. The normalized spacial score (nSPS) is 18.6. The Morgan fingerprint density at radius 3 is 2.91 bits per heavy atom. The van der Waals surface area contributed by atoms with Gasteiger partial charge in [0.15, 0.2) is 0 Å². The maximum absolute atomic E-state index is 12.9. The lowest BCUT2D eigenvalue weighted by Crippen LogP contribution is -2.29. The smallest absolute Gasteiger partial charge is 0.249 e. The van der Waals surface area contributed by atoms with E-state index in [4.69, 9.17) is 5.73 Å². The summed E-state index contributed by atoms with van der Waals surface area (Å²) in [4.78, 5) is 38.2. The second kappa shape index (κ2) is 7.76. The fraction of sp³-hybridized carbons (Fsp3) is 0.304. The van der Waals surface area contributed by atoms with Crippen LogP contribution in [0.5, 0.6) is 0 Å². The van der Waals surface area contributed by atoms with Crippen molar-refractivity contribution in [1.29, 1.82) is 0 Å². The van der Waals surface area contributed by atoms with Gasteiger partial charge in [0.25, 0.3) is 0 Å². The summed E-state index contributed by atoms with van der Waals surface area (Å²) in [6, 6.07) is 8.99. The largest absolute Gasteiger partial charge is 0.389 e. The van der Waals surface area contributed by atoms with Crippen LogP contribution < -0.4 is 5.73 Å². The molecule has 2 atom stereocenters. The molecule has 1 fully saturated rings. The molecule has 32 heavy (non-hydrogen) atoms. The van der Waals surface area contributed by atoms with Crippen LogP contribution in [0.1, 0.15) is 34.2 Å². The number of aryl methyl sites for hydroxylation is 2. The molecule has 0 aliphatic carbocycles. The molecule has 0 bridgehead atoms. The lowest BCUT2D eigenvalue weighted by molar-refractivity contribution is -0.130. The molecule has 4 N–H and O–H groups in total. The zero-order valence-electron chi connectivity index (χ0n) is 17.7. The first-order chi connectivity index (χ1) is 15.4. The highest BCUT2D eigenvalue weighted by atomic mass is 16.3. The molecule has 164 valence electrons. The van der Waals surface area contributed by atoms with Gasteiger partial charge in [0, 0.05) is 37.3 Å². The van der Waals surface area contributed by atoms with Gasteiger partial charge in [-0.1, -0.05) is 6.07 Å². The lowest BCUT2D eigenvalue weighted by Gasteiger charge is -2.18. The molecule has 5 rings (SSSR count). The van der Waals surface area contributed by atoms with Crippen molar-refractivity contribution in [1.82, 2.24) is 24.4 Å². The SMILES string of the molecule is Cc1nc2ccc(CCC(=O)N3C[C@@H](O)[C@H](n4ccc5c(C(N)=O)ccnc54)C3)cc2[nH]1. The van der Waals surface area contributed by atoms with Gasteiger partial charge in [0.2, 0.25) is 11.8 Å². The van der Waals surface area contributed by atoms with Gasteiger partial charge in [-0.3, -0.25) is 9.59 Å². The van der Waals surface area contributed by atoms with E-state index in [1.807, 2.05) is 29.7 Å². The fourth-order valence-electron chi connectivity index (χ4n) is 4.54. The predicted molar refractivity (Wildman–Crippen MR) is 119 cm³/mol. The molecule has 4 aromatic rings. The van der Waals surface area contributed by atoms with E-state index in [0.717, 1.165) is 22.4 Å². The number of aromatic amines is 1. The van der Waals surface area contributed by atoms with E-state index in [0.29, 0.717) is 36.0 Å². The van der Waals surface area contributed by atoms with Crippen LogP contribution in [0.2, 0.25) is 0 Å². The summed E-state index contributed by atoms with van der Waals surface area (Å²) in [5.74, 6) is 0.331. The molecule has 9 nitrogen and oxygen atoms in total. The highest BCUT2D eigenvalue weighted by Gasteiger charge is 2.35. The summed E-state index contributed by atoms with van der Waals surface area (Å²) < 4.78 is 1.83. The molecule has 4 heterocycles. The Morgan fingerprint density at radius 1 is 1.25 bits per heavy atom. The van der Waals surface area contributed by atoms with E-state index in [-0.39, 0.29) is 18.5 Å². The maximum atomic E-state index is 12.9. The van der Waals surface area contributed by atoms with E-state index in [1.54, 1.807) is 23.2 Å². The number of benzene rings is 1. The van der Waals surface area contributed by atoms with Gasteiger partial charge in [-0.2, -0.15) is 0 Å². The van der Waals surface area contributed by atoms with Gasteiger partial charge in [-0.05, 0) is 43.2 Å². The highest BCUT2D eigenvalue weighted by Crippen LogP contribution is 2.28. The molecule has 0 saturated carbocycles. The third-order valence-corrected chi connectivity index (χ3v) is 6.14. The maximum Gasteiger partial charge on any atom is 0.249 e. The molecule has 1 aliphatic heterocycles. The number of imidazole rings is 1. The number of hydrogen-bond acceptors (Lipinski definition) is 5. The van der Waals surface area contributed by atoms with Crippen LogP contribution in [0.25, 0.3) is 22.1 Å². The number of carbonyl (C=O) groups is 2. The Labute approximate surface area is 183 Å². The molecule has 1 aliphatic rings. The van der Waals surface area contributed by atoms with Crippen molar-refractivity contribution < 1.29 is 14.7 Å². The molecule has 1 saturated heterocycles. The molecular weight excluding hydrogens is 408 g/mol. The minimum Gasteiger partial charge on any atom is -0.389 e. The number of β-amino-alcohol motifs (C(OH)–C–C–N with tert-alkyl or cyclic N) is 1. The van der Waals surface area contributed by atoms with Crippen LogP contribution in [0, 0.1) is 6.92 Å². The van der Waals surface area contributed by atoms with Crippen molar-refractivity contribution in [3.63, 3.8) is 0 Å². The Balaban J connectivity index is 1.29. The van der Waals surface area contributed by atoms with Gasteiger partial charge in [0.1, 0.15) is 11.5 Å². The first kappa shape index (κ1) is 20.2. The first-order valence-corrected chi connectivity index (χ1v) is 10.6. The molecule has 1 aromatic carbocycles. The van der Waals surface area contributed by atoms with Gasteiger partial charge in [-0.15, -0.1) is 0 Å². The number of fused-ring (bicyclic) bond motifs is 2. The summed E-state index contributed by atoms with van der Waals surface area (Å²) in [7, 11) is 0. The van der Waals surface area contributed by atoms with E-state index < -0.39 is 12.0 Å². The standard InChI is InChI=1S/C23H24N6O3/c1-13-26-17-4-2-14(10-18(17)27-13)3-5-21(31)28-11-19(20(30)12-28)29-9-7-16-15(22(24)32)6-8-25-23(16)29/h2,4,6-10,19-20,30H,3,5,11-12H2,1H3,(H2,24,32)(H,26,27)/t19-,20-/m1/s1. The number of nitrogens with zero attached hydrogens (tertiary/aromatic N) is 4. The summed E-state index contributed by atoms with van der Waals surface area (Å²) in [6.45, 7) is 2.55. The molecule has 0 radical (unpaired) electrons. The number of rotatable bonds is 5. The Kier molecular flexibility index (Phi) is 4.90. The number of nitrogens with two attached hydrogens (primary N) is 1. The van der Waals surface area contributed by atoms with Crippen LogP contribution in [0.4, 0.5) is 0 Å². The topological polar surface area (TPSA) is 130 Å². The Morgan fingerprint density at radius 2 is 2.09 bits per heavy atom. The third kappa shape index (κ3) is 3.50. The van der Waals surface area contributed by atoms with Crippen molar-refractivity contribution in [2.45, 2.75) is 31.9 Å². The van der Waals surface area contributed by atoms with Gasteiger partial charge in [0.05, 0.1) is 28.7 Å². The zero-order valence-corrected chi connectivity index (χ0v) is 17.7. The van der Waals surface area contributed by atoms with Gasteiger partial charge >= 0.3 is 0 Å². The molecule has 0 spiro atoms. The van der Waals surface area contributed by atoms with Crippen LogP contribution >= 0.6 is 0 Å². The number of pyridine rings is 1. The average molecular weight is 432 g/mol. The summed E-state index contributed by atoms with van der Waals surface area (Å²) in [5, 5.41) is 11.3. The van der Waals surface area contributed by atoms with Gasteiger partial charge in [-0.25, -0.2) is 9.97 Å². The number of aliphatic hydroxyl groups is 1. The van der Waals surface area contributed by atoms with Crippen molar-refractivity contribution in [2.75, 3.05) is 13.1 Å². The molecular formula is C23H24N6O3. The number of carbonyl (C=O) groups excluding carboxylic acids is 2. The molecule has 9 heteroatoms. The quantitative estimate of drug-likeness (QED) is 0.442. The highest BCUT2D eigenvalue weighted by molar-refractivity contribution is 6.04. The zero-order chi connectivity index (χ0) is 22.4. The van der Waals surface area contributed by atoms with Gasteiger partial charge < -0.3 is 25.3 Å². The van der Waals surface area contributed by atoms with Crippen LogP contribution in [-0.4, -0.2) is 60.5 Å². The lowest BCUT2D eigenvalue weighted by atomic mass is 10.1. The Bertz CT molecular complexity index is 1340. The summed E-state index contributed by atoms with van der Waals surface area (Å²) in [6.07, 6.45) is 3.56. The van der Waals surface area contributed by atoms with Crippen molar-refractivity contribution >= 4 is 33.9 Å². The van der Waals surface area contributed by atoms with E-state index in [2.05, 4.69) is 15.0 Å². The first-order valence-electron chi connectivity index (χ1n) is 10.6. The second-order valence-corrected chi connectivity index (χ2v) is 8.29. The number of primary amides is 1. The van der Waals surface area contributed by atoms with Crippen molar-refractivity contribution in [3.8, 4) is 0 Å². The summed E-state index contributed by atoms with van der Waals surface area (Å²) in [5.41, 5.74) is 9.36. The van der Waals surface area contributed by atoms with E-state index >= 15 is 0 Å². The molecule has 0 unspecified atom stereocenters. The monoisotopic (exact) mass is 432 g/mol. The van der Waals surface area contributed by atoms with E-state index in [1.165, 1.54) is 6.20 Å². The molecule has 2 amide bonds. The van der Waals surface area contributed by atoms with E-state index in [9.17, 15) is 14.7 Å². The summed E-state index contributed by atoms with van der Waals surface area (Å²) >= 11 is 0. The second-order valence-electron chi connectivity index (χ2n) is 8.29.